The Bertz CT molecular complexity index is 531. The molecule has 0 saturated carbocycles. The van der Waals surface area contributed by atoms with Crippen LogP contribution >= 0.6 is 0 Å². The Morgan fingerprint density at radius 1 is 1.47 bits per heavy atom. The third-order valence-corrected chi connectivity index (χ3v) is 2.59. The van der Waals surface area contributed by atoms with E-state index in [0.717, 1.165) is 12.2 Å². The van der Waals surface area contributed by atoms with Crippen LogP contribution in [0.4, 0.5) is 5.82 Å². The number of hydrogen-bond acceptors (Lipinski definition) is 4. The lowest BCUT2D eigenvalue weighted by atomic mass is 10.2. The summed E-state index contributed by atoms with van der Waals surface area (Å²) in [6.07, 6.45) is 7.49. The van der Waals surface area contributed by atoms with E-state index in [9.17, 15) is 4.79 Å². The van der Waals surface area contributed by atoms with E-state index in [4.69, 9.17) is 0 Å². The third kappa shape index (κ3) is 2.35. The molecule has 0 aliphatic rings. The van der Waals surface area contributed by atoms with E-state index in [1.165, 1.54) is 4.57 Å². The predicted molar refractivity (Wildman–Crippen MR) is 64.7 cm³/mol. The Morgan fingerprint density at radius 3 is 2.94 bits per heavy atom. The van der Waals surface area contributed by atoms with Crippen molar-refractivity contribution in [3.63, 3.8) is 0 Å². The van der Waals surface area contributed by atoms with E-state index in [1.807, 2.05) is 6.92 Å². The first kappa shape index (κ1) is 11.4. The number of nitrogens with zero attached hydrogens (tertiary/aromatic N) is 3. The standard InChI is InChI=1S/C11H15N5O/c1-3-8(9-12-4-5-13-9)15-10-11(17)16(2)7-6-14-10/h4-8H,3H2,1-2H3,(H,12,13)(H,14,15). The van der Waals surface area contributed by atoms with Crippen molar-refractivity contribution in [2.24, 2.45) is 7.05 Å². The molecule has 0 amide bonds. The van der Waals surface area contributed by atoms with Gasteiger partial charge in [-0.3, -0.25) is 4.79 Å². The molecule has 90 valence electrons. The largest absolute Gasteiger partial charge is 0.356 e. The van der Waals surface area contributed by atoms with Crippen LogP contribution in [0.15, 0.2) is 29.6 Å². The number of hydrogen-bond donors (Lipinski definition) is 2. The molecule has 0 aromatic carbocycles. The molecule has 17 heavy (non-hydrogen) atoms. The van der Waals surface area contributed by atoms with Gasteiger partial charge in [-0.1, -0.05) is 6.92 Å². The lowest BCUT2D eigenvalue weighted by Crippen LogP contribution is -2.24. The number of aryl methyl sites for hydroxylation is 1. The lowest BCUT2D eigenvalue weighted by Gasteiger charge is -2.14. The normalized spacial score (nSPS) is 12.4. The van der Waals surface area contributed by atoms with Crippen LogP contribution in [-0.4, -0.2) is 19.5 Å². The highest BCUT2D eigenvalue weighted by Gasteiger charge is 2.13. The smallest absolute Gasteiger partial charge is 0.293 e. The summed E-state index contributed by atoms with van der Waals surface area (Å²) >= 11 is 0. The van der Waals surface area contributed by atoms with Crippen molar-refractivity contribution in [3.8, 4) is 0 Å². The zero-order valence-electron chi connectivity index (χ0n) is 9.84. The van der Waals surface area contributed by atoms with E-state index < -0.39 is 0 Å². The van der Waals surface area contributed by atoms with E-state index >= 15 is 0 Å². The van der Waals surface area contributed by atoms with Crippen LogP contribution in [-0.2, 0) is 7.05 Å². The Balaban J connectivity index is 2.25. The van der Waals surface area contributed by atoms with Crippen LogP contribution in [0.1, 0.15) is 25.2 Å². The van der Waals surface area contributed by atoms with Crippen molar-refractivity contribution in [1.29, 1.82) is 0 Å². The minimum absolute atomic E-state index is 0.0346. The summed E-state index contributed by atoms with van der Waals surface area (Å²) in [7, 11) is 1.70. The van der Waals surface area contributed by atoms with Gasteiger partial charge in [-0.25, -0.2) is 9.97 Å². The summed E-state index contributed by atoms with van der Waals surface area (Å²) in [5, 5.41) is 3.10. The average Bonchev–Trinajstić information content (AvgIpc) is 2.85. The van der Waals surface area contributed by atoms with Crippen LogP contribution in [0.3, 0.4) is 0 Å². The minimum Gasteiger partial charge on any atom is -0.356 e. The maximum atomic E-state index is 11.8. The fourth-order valence-corrected chi connectivity index (χ4v) is 1.59. The molecule has 2 N–H and O–H groups in total. The Hall–Kier alpha value is -2.11. The topological polar surface area (TPSA) is 75.6 Å². The predicted octanol–water partition coefficient (Wildman–Crippen LogP) is 1.07. The monoisotopic (exact) mass is 233 g/mol. The number of nitrogens with one attached hydrogen (secondary N) is 2. The second-order valence-electron chi connectivity index (χ2n) is 3.77. The van der Waals surface area contributed by atoms with Crippen LogP contribution in [0.5, 0.6) is 0 Å². The molecule has 2 aromatic rings. The van der Waals surface area contributed by atoms with Crippen molar-refractivity contribution in [2.45, 2.75) is 19.4 Å². The van der Waals surface area contributed by atoms with Crippen molar-refractivity contribution in [3.05, 3.63) is 41.0 Å². The molecule has 0 saturated heterocycles. The second-order valence-corrected chi connectivity index (χ2v) is 3.77. The second kappa shape index (κ2) is 4.82. The maximum absolute atomic E-state index is 11.8. The van der Waals surface area contributed by atoms with Crippen molar-refractivity contribution in [2.75, 3.05) is 5.32 Å². The molecular weight excluding hydrogens is 218 g/mol. The fourth-order valence-electron chi connectivity index (χ4n) is 1.59. The molecule has 0 bridgehead atoms. The van der Waals surface area contributed by atoms with E-state index in [0.29, 0.717) is 5.82 Å². The number of rotatable bonds is 4. The first-order chi connectivity index (χ1) is 8.22. The molecular formula is C11H15N5O. The van der Waals surface area contributed by atoms with E-state index in [2.05, 4.69) is 20.3 Å². The molecule has 1 unspecified atom stereocenters. The first-order valence-corrected chi connectivity index (χ1v) is 5.49. The van der Waals surface area contributed by atoms with Gasteiger partial charge < -0.3 is 14.9 Å². The van der Waals surface area contributed by atoms with Gasteiger partial charge in [0, 0.05) is 31.8 Å². The van der Waals surface area contributed by atoms with E-state index in [-0.39, 0.29) is 11.6 Å². The Kier molecular flexibility index (Phi) is 3.22. The Morgan fingerprint density at radius 2 is 2.29 bits per heavy atom. The van der Waals surface area contributed by atoms with Crippen LogP contribution in [0.25, 0.3) is 0 Å². The minimum atomic E-state index is -0.141. The zero-order chi connectivity index (χ0) is 12.3. The number of imidazole rings is 1. The first-order valence-electron chi connectivity index (χ1n) is 5.49. The number of H-pyrrole nitrogens is 1. The van der Waals surface area contributed by atoms with Crippen molar-refractivity contribution in [1.82, 2.24) is 19.5 Å². The number of anilines is 1. The number of aromatic nitrogens is 4. The molecule has 0 fully saturated rings. The van der Waals surface area contributed by atoms with Gasteiger partial charge in [-0.15, -0.1) is 0 Å². The summed E-state index contributed by atoms with van der Waals surface area (Å²) in [4.78, 5) is 23.1. The Labute approximate surface area is 98.7 Å². The van der Waals surface area contributed by atoms with Gasteiger partial charge in [-0.2, -0.15) is 0 Å². The summed E-state index contributed by atoms with van der Waals surface area (Å²) in [6, 6.07) is -0.0346. The molecule has 0 aliphatic heterocycles. The molecule has 2 rings (SSSR count). The van der Waals surface area contributed by atoms with Gasteiger partial charge in [0.2, 0.25) is 0 Å². The van der Waals surface area contributed by atoms with Gasteiger partial charge >= 0.3 is 0 Å². The fraction of sp³-hybridized carbons (Fsp3) is 0.364. The molecule has 2 heterocycles. The molecule has 6 heteroatoms. The lowest BCUT2D eigenvalue weighted by molar-refractivity contribution is 0.693. The quantitative estimate of drug-likeness (QED) is 0.828. The maximum Gasteiger partial charge on any atom is 0.293 e. The summed E-state index contributed by atoms with van der Waals surface area (Å²) in [6.45, 7) is 2.02. The zero-order valence-corrected chi connectivity index (χ0v) is 9.84. The summed E-state index contributed by atoms with van der Waals surface area (Å²) in [5.41, 5.74) is -0.141. The number of aromatic amines is 1. The summed E-state index contributed by atoms with van der Waals surface area (Å²) in [5.74, 6) is 1.15. The average molecular weight is 233 g/mol. The highest BCUT2D eigenvalue weighted by atomic mass is 16.1. The van der Waals surface area contributed by atoms with Crippen LogP contribution in [0.2, 0.25) is 0 Å². The molecule has 6 nitrogen and oxygen atoms in total. The molecule has 0 radical (unpaired) electrons. The highest BCUT2D eigenvalue weighted by Crippen LogP contribution is 2.15. The van der Waals surface area contributed by atoms with E-state index in [1.54, 1.807) is 31.8 Å². The van der Waals surface area contributed by atoms with Crippen molar-refractivity contribution < 1.29 is 0 Å². The molecule has 2 aromatic heterocycles. The molecule has 0 aliphatic carbocycles. The van der Waals surface area contributed by atoms with Gasteiger partial charge in [0.25, 0.3) is 5.56 Å². The summed E-state index contributed by atoms with van der Waals surface area (Å²) < 4.78 is 1.49. The molecule has 1 atom stereocenters. The van der Waals surface area contributed by atoms with Crippen molar-refractivity contribution >= 4 is 5.82 Å². The van der Waals surface area contributed by atoms with Crippen LogP contribution in [0, 0.1) is 0 Å². The third-order valence-electron chi connectivity index (χ3n) is 2.59. The van der Waals surface area contributed by atoms with Crippen LogP contribution < -0.4 is 10.9 Å². The van der Waals surface area contributed by atoms with Gasteiger partial charge in [0.05, 0.1) is 6.04 Å². The SMILES string of the molecule is CCC(Nc1nccn(C)c1=O)c1ncc[nH]1. The van der Waals surface area contributed by atoms with Gasteiger partial charge in [0.15, 0.2) is 5.82 Å². The van der Waals surface area contributed by atoms with Gasteiger partial charge in [-0.05, 0) is 6.42 Å². The highest BCUT2D eigenvalue weighted by molar-refractivity contribution is 5.33. The molecule has 0 spiro atoms. The van der Waals surface area contributed by atoms with Gasteiger partial charge in [0.1, 0.15) is 5.82 Å².